The average Bonchev–Trinajstić information content (AvgIpc) is 2.76. The van der Waals surface area contributed by atoms with Crippen LogP contribution in [0.3, 0.4) is 0 Å². The standard InChI is InChI=1S/C22H21ClN4O4S/c1-13(28)9-19-25-21(14-7-8-17(30-2)18(10-14)31-3)27-22(26-19)32-12-20(29)24-16-6-4-5-15(23)11-16/h4-8,10-11H,9,12H2,1-3H3,(H,24,29). The summed E-state index contributed by atoms with van der Waals surface area (Å²) in [6.07, 6.45) is 0.0606. The minimum atomic E-state index is -0.238. The van der Waals surface area contributed by atoms with Gasteiger partial charge in [0.2, 0.25) is 5.91 Å². The van der Waals surface area contributed by atoms with Crippen molar-refractivity contribution in [1.29, 1.82) is 0 Å². The van der Waals surface area contributed by atoms with E-state index in [1.807, 2.05) is 0 Å². The van der Waals surface area contributed by atoms with Crippen LogP contribution >= 0.6 is 23.4 Å². The lowest BCUT2D eigenvalue weighted by atomic mass is 10.2. The van der Waals surface area contributed by atoms with Crippen molar-refractivity contribution in [2.75, 3.05) is 25.3 Å². The van der Waals surface area contributed by atoms with Gasteiger partial charge in [-0.2, -0.15) is 0 Å². The Kier molecular flexibility index (Phi) is 8.02. The molecule has 3 rings (SSSR count). The largest absolute Gasteiger partial charge is 0.493 e. The molecule has 1 N–H and O–H groups in total. The number of halogens is 1. The van der Waals surface area contributed by atoms with Crippen LogP contribution in [0.4, 0.5) is 5.69 Å². The van der Waals surface area contributed by atoms with E-state index in [9.17, 15) is 9.59 Å². The molecule has 0 spiro atoms. The predicted molar refractivity (Wildman–Crippen MR) is 124 cm³/mol. The first-order valence-corrected chi connectivity index (χ1v) is 10.9. The van der Waals surface area contributed by atoms with E-state index in [1.165, 1.54) is 14.0 Å². The number of anilines is 1. The van der Waals surface area contributed by atoms with Crippen molar-refractivity contribution in [3.8, 4) is 22.9 Å². The van der Waals surface area contributed by atoms with Crippen molar-refractivity contribution in [2.24, 2.45) is 0 Å². The summed E-state index contributed by atoms with van der Waals surface area (Å²) in [4.78, 5) is 37.2. The highest BCUT2D eigenvalue weighted by atomic mass is 35.5. The third-order valence-corrected chi connectivity index (χ3v) is 5.23. The van der Waals surface area contributed by atoms with E-state index in [-0.39, 0.29) is 23.9 Å². The van der Waals surface area contributed by atoms with Crippen LogP contribution in [0.25, 0.3) is 11.4 Å². The molecule has 0 bridgehead atoms. The van der Waals surface area contributed by atoms with Crippen LogP contribution in [0, 0.1) is 0 Å². The second-order valence-corrected chi connectivity index (χ2v) is 8.03. The highest BCUT2D eigenvalue weighted by Gasteiger charge is 2.14. The molecule has 3 aromatic rings. The number of ether oxygens (including phenoxy) is 2. The molecule has 8 nitrogen and oxygen atoms in total. The van der Waals surface area contributed by atoms with Gasteiger partial charge in [-0.05, 0) is 43.3 Å². The molecule has 0 unspecified atom stereocenters. The van der Waals surface area contributed by atoms with Crippen LogP contribution in [0.2, 0.25) is 5.02 Å². The fraction of sp³-hybridized carbons (Fsp3) is 0.227. The van der Waals surface area contributed by atoms with Crippen LogP contribution < -0.4 is 14.8 Å². The van der Waals surface area contributed by atoms with E-state index in [2.05, 4.69) is 20.3 Å². The summed E-state index contributed by atoms with van der Waals surface area (Å²) in [6.45, 7) is 1.46. The van der Waals surface area contributed by atoms with Gasteiger partial charge in [-0.25, -0.2) is 15.0 Å². The summed E-state index contributed by atoms with van der Waals surface area (Å²) < 4.78 is 10.6. The highest BCUT2D eigenvalue weighted by molar-refractivity contribution is 7.99. The van der Waals surface area contributed by atoms with Gasteiger partial charge >= 0.3 is 0 Å². The number of carbonyl (C=O) groups excluding carboxylic acids is 2. The zero-order chi connectivity index (χ0) is 23.1. The molecule has 0 aliphatic carbocycles. The fourth-order valence-electron chi connectivity index (χ4n) is 2.76. The highest BCUT2D eigenvalue weighted by Crippen LogP contribution is 2.31. The van der Waals surface area contributed by atoms with Crippen molar-refractivity contribution in [3.63, 3.8) is 0 Å². The normalized spacial score (nSPS) is 10.5. The summed E-state index contributed by atoms with van der Waals surface area (Å²) in [7, 11) is 3.09. The van der Waals surface area contributed by atoms with E-state index < -0.39 is 0 Å². The van der Waals surface area contributed by atoms with Crippen LogP contribution in [0.15, 0.2) is 47.6 Å². The van der Waals surface area contributed by atoms with Gasteiger partial charge < -0.3 is 14.8 Å². The number of amides is 1. The Morgan fingerprint density at radius 3 is 2.50 bits per heavy atom. The number of carbonyl (C=O) groups is 2. The average molecular weight is 473 g/mol. The number of rotatable bonds is 9. The lowest BCUT2D eigenvalue weighted by Gasteiger charge is -2.10. The van der Waals surface area contributed by atoms with E-state index in [4.69, 9.17) is 21.1 Å². The molecule has 166 valence electrons. The molecule has 0 radical (unpaired) electrons. The Balaban J connectivity index is 1.82. The van der Waals surface area contributed by atoms with Crippen molar-refractivity contribution >= 4 is 40.7 Å². The fourth-order valence-corrected chi connectivity index (χ4v) is 3.61. The Labute approximate surface area is 194 Å². The van der Waals surface area contributed by atoms with Crippen LogP contribution in [-0.2, 0) is 16.0 Å². The van der Waals surface area contributed by atoms with E-state index in [1.54, 1.807) is 49.6 Å². The molecule has 0 atom stereocenters. The van der Waals surface area contributed by atoms with Crippen LogP contribution in [0.5, 0.6) is 11.5 Å². The molecule has 0 fully saturated rings. The molecule has 0 aliphatic heterocycles. The molecule has 0 saturated heterocycles. The quantitative estimate of drug-likeness (QED) is 0.465. The maximum absolute atomic E-state index is 12.3. The summed E-state index contributed by atoms with van der Waals surface area (Å²) in [5.41, 5.74) is 1.27. The van der Waals surface area contributed by atoms with Gasteiger partial charge in [-0.3, -0.25) is 9.59 Å². The zero-order valence-corrected chi connectivity index (χ0v) is 19.3. The van der Waals surface area contributed by atoms with E-state index in [0.717, 1.165) is 11.8 Å². The summed E-state index contributed by atoms with van der Waals surface area (Å²) >= 11 is 7.09. The number of ketones is 1. The third kappa shape index (κ3) is 6.41. The molecule has 1 amide bonds. The van der Waals surface area contributed by atoms with Crippen LogP contribution in [-0.4, -0.2) is 46.6 Å². The molecule has 0 aliphatic rings. The lowest BCUT2D eigenvalue weighted by molar-refractivity contribution is -0.116. The molecular weight excluding hydrogens is 452 g/mol. The first-order valence-electron chi connectivity index (χ1n) is 9.53. The van der Waals surface area contributed by atoms with Gasteiger partial charge in [0.05, 0.1) is 26.4 Å². The number of benzene rings is 2. The van der Waals surface area contributed by atoms with Crippen molar-refractivity contribution in [3.05, 3.63) is 53.3 Å². The zero-order valence-electron chi connectivity index (χ0n) is 17.7. The maximum Gasteiger partial charge on any atom is 0.234 e. The van der Waals surface area contributed by atoms with Gasteiger partial charge in [0.15, 0.2) is 22.5 Å². The first kappa shape index (κ1) is 23.5. The van der Waals surface area contributed by atoms with Crippen LogP contribution in [0.1, 0.15) is 12.7 Å². The number of nitrogens with zero attached hydrogens (tertiary/aromatic N) is 3. The molecule has 1 aromatic heterocycles. The minimum Gasteiger partial charge on any atom is -0.493 e. The van der Waals surface area contributed by atoms with Gasteiger partial charge in [0, 0.05) is 16.3 Å². The smallest absolute Gasteiger partial charge is 0.234 e. The number of thioether (sulfide) groups is 1. The Hall–Kier alpha value is -3.17. The van der Waals surface area contributed by atoms with E-state index in [0.29, 0.717) is 44.6 Å². The SMILES string of the molecule is COc1ccc(-c2nc(CC(C)=O)nc(SCC(=O)Nc3cccc(Cl)c3)n2)cc1OC. The number of hydrogen-bond acceptors (Lipinski definition) is 8. The topological polar surface area (TPSA) is 103 Å². The summed E-state index contributed by atoms with van der Waals surface area (Å²) in [6, 6.07) is 12.2. The van der Waals surface area contributed by atoms with Crippen molar-refractivity contribution in [1.82, 2.24) is 15.0 Å². The Morgan fingerprint density at radius 1 is 1.03 bits per heavy atom. The Bertz CT molecular complexity index is 1140. The second-order valence-electron chi connectivity index (χ2n) is 6.65. The maximum atomic E-state index is 12.3. The second kappa shape index (κ2) is 10.9. The number of Topliss-reactive ketones (excluding diaryl/α,β-unsaturated/α-hetero) is 1. The Morgan fingerprint density at radius 2 is 1.81 bits per heavy atom. The summed E-state index contributed by atoms with van der Waals surface area (Å²) in [5.74, 6) is 1.55. The molecule has 1 heterocycles. The van der Waals surface area contributed by atoms with Crippen molar-refractivity contribution < 1.29 is 19.1 Å². The van der Waals surface area contributed by atoms with E-state index >= 15 is 0 Å². The summed E-state index contributed by atoms with van der Waals surface area (Å²) in [5, 5.41) is 3.64. The number of methoxy groups -OCH3 is 2. The van der Waals surface area contributed by atoms with Gasteiger partial charge in [0.25, 0.3) is 0 Å². The number of aromatic nitrogens is 3. The molecule has 0 saturated carbocycles. The number of hydrogen-bond donors (Lipinski definition) is 1. The van der Waals surface area contributed by atoms with Crippen molar-refractivity contribution in [2.45, 2.75) is 18.5 Å². The predicted octanol–water partition coefficient (Wildman–Crippen LogP) is 4.07. The van der Waals surface area contributed by atoms with Gasteiger partial charge in [-0.15, -0.1) is 0 Å². The van der Waals surface area contributed by atoms with Gasteiger partial charge in [-0.1, -0.05) is 29.4 Å². The first-order chi connectivity index (χ1) is 15.4. The number of nitrogens with one attached hydrogen (secondary N) is 1. The van der Waals surface area contributed by atoms with Gasteiger partial charge in [0.1, 0.15) is 11.6 Å². The molecule has 2 aromatic carbocycles. The lowest BCUT2D eigenvalue weighted by Crippen LogP contribution is -2.14. The minimum absolute atomic E-state index is 0.0606. The third-order valence-electron chi connectivity index (χ3n) is 4.15. The monoisotopic (exact) mass is 472 g/mol. The molecular formula is C22H21ClN4O4S. The molecule has 10 heteroatoms. The molecule has 32 heavy (non-hydrogen) atoms.